The maximum Gasteiger partial charge on any atom is 0.237 e. The molecule has 1 atom stereocenters. The SMILES string of the molecule is COc1ccc(SC(C)C(=O)Nc2cccc(C)c2)cc1. The Morgan fingerprint density at radius 1 is 1.19 bits per heavy atom. The van der Waals surface area contributed by atoms with E-state index in [4.69, 9.17) is 4.74 Å². The second-order valence-corrected chi connectivity index (χ2v) is 6.21. The molecule has 4 heteroatoms. The second-order valence-electron chi connectivity index (χ2n) is 4.79. The van der Waals surface area contributed by atoms with Gasteiger partial charge in [-0.15, -0.1) is 11.8 Å². The van der Waals surface area contributed by atoms with Gasteiger partial charge in [-0.1, -0.05) is 12.1 Å². The minimum absolute atomic E-state index is 0.00131. The summed E-state index contributed by atoms with van der Waals surface area (Å²) in [6.07, 6.45) is 0. The molecule has 0 saturated carbocycles. The number of rotatable bonds is 5. The average molecular weight is 301 g/mol. The van der Waals surface area contributed by atoms with Gasteiger partial charge in [0, 0.05) is 10.6 Å². The van der Waals surface area contributed by atoms with Crippen LogP contribution < -0.4 is 10.1 Å². The summed E-state index contributed by atoms with van der Waals surface area (Å²) >= 11 is 1.53. The Morgan fingerprint density at radius 3 is 2.52 bits per heavy atom. The molecule has 2 aromatic rings. The number of ether oxygens (including phenoxy) is 1. The molecule has 0 heterocycles. The van der Waals surface area contributed by atoms with Crippen LogP contribution in [0.5, 0.6) is 5.75 Å². The van der Waals surface area contributed by atoms with Crippen LogP contribution in [0.15, 0.2) is 53.4 Å². The molecule has 2 rings (SSSR count). The van der Waals surface area contributed by atoms with Crippen LogP contribution in [-0.4, -0.2) is 18.3 Å². The van der Waals surface area contributed by atoms with Crippen molar-refractivity contribution < 1.29 is 9.53 Å². The molecule has 3 nitrogen and oxygen atoms in total. The van der Waals surface area contributed by atoms with Crippen molar-refractivity contribution in [1.29, 1.82) is 0 Å². The zero-order chi connectivity index (χ0) is 15.2. The van der Waals surface area contributed by atoms with E-state index in [0.29, 0.717) is 0 Å². The highest BCUT2D eigenvalue weighted by atomic mass is 32.2. The molecule has 0 fully saturated rings. The summed E-state index contributed by atoms with van der Waals surface area (Å²) in [5.74, 6) is 0.817. The molecular weight excluding hydrogens is 282 g/mol. The van der Waals surface area contributed by atoms with Crippen molar-refractivity contribution in [1.82, 2.24) is 0 Å². The van der Waals surface area contributed by atoms with E-state index < -0.39 is 0 Å². The van der Waals surface area contributed by atoms with E-state index >= 15 is 0 Å². The quantitative estimate of drug-likeness (QED) is 0.844. The van der Waals surface area contributed by atoms with E-state index in [1.54, 1.807) is 7.11 Å². The number of thioether (sulfide) groups is 1. The van der Waals surface area contributed by atoms with Gasteiger partial charge < -0.3 is 10.1 Å². The van der Waals surface area contributed by atoms with Crippen molar-refractivity contribution in [2.45, 2.75) is 24.0 Å². The normalized spacial score (nSPS) is 11.8. The fourth-order valence-corrected chi connectivity index (χ4v) is 2.75. The van der Waals surface area contributed by atoms with Gasteiger partial charge in [-0.2, -0.15) is 0 Å². The van der Waals surface area contributed by atoms with Crippen LogP contribution in [0.25, 0.3) is 0 Å². The van der Waals surface area contributed by atoms with Gasteiger partial charge in [0.25, 0.3) is 0 Å². The van der Waals surface area contributed by atoms with E-state index in [9.17, 15) is 4.79 Å². The number of hydrogen-bond donors (Lipinski definition) is 1. The van der Waals surface area contributed by atoms with E-state index in [-0.39, 0.29) is 11.2 Å². The Hall–Kier alpha value is -1.94. The highest BCUT2D eigenvalue weighted by Crippen LogP contribution is 2.26. The number of hydrogen-bond acceptors (Lipinski definition) is 3. The molecular formula is C17H19NO2S. The van der Waals surface area contributed by atoms with Crippen LogP contribution in [0, 0.1) is 6.92 Å². The monoisotopic (exact) mass is 301 g/mol. The lowest BCUT2D eigenvalue weighted by Crippen LogP contribution is -2.22. The zero-order valence-electron chi connectivity index (χ0n) is 12.4. The summed E-state index contributed by atoms with van der Waals surface area (Å²) in [7, 11) is 1.64. The van der Waals surface area contributed by atoms with Crippen LogP contribution in [0.3, 0.4) is 0 Å². The first-order valence-corrected chi connectivity index (χ1v) is 7.64. The number of anilines is 1. The van der Waals surface area contributed by atoms with Crippen LogP contribution in [0.4, 0.5) is 5.69 Å². The van der Waals surface area contributed by atoms with Crippen molar-refractivity contribution in [2.75, 3.05) is 12.4 Å². The maximum absolute atomic E-state index is 12.2. The number of aryl methyl sites for hydroxylation is 1. The lowest BCUT2D eigenvalue weighted by Gasteiger charge is -2.12. The predicted octanol–water partition coefficient (Wildman–Crippen LogP) is 4.12. The first kappa shape index (κ1) is 15.4. The van der Waals surface area contributed by atoms with Crippen molar-refractivity contribution in [3.8, 4) is 5.75 Å². The second kappa shape index (κ2) is 7.18. The van der Waals surface area contributed by atoms with Gasteiger partial charge in [-0.05, 0) is 55.8 Å². The van der Waals surface area contributed by atoms with Gasteiger partial charge in [0.05, 0.1) is 12.4 Å². The summed E-state index contributed by atoms with van der Waals surface area (Å²) in [5, 5.41) is 2.77. The van der Waals surface area contributed by atoms with Gasteiger partial charge in [0.2, 0.25) is 5.91 Å². The molecule has 110 valence electrons. The third-order valence-corrected chi connectivity index (χ3v) is 4.14. The van der Waals surface area contributed by atoms with Crippen molar-refractivity contribution in [3.05, 3.63) is 54.1 Å². The number of carbonyl (C=O) groups excluding carboxylic acids is 1. The molecule has 0 saturated heterocycles. The van der Waals surface area contributed by atoms with Crippen LogP contribution in [-0.2, 0) is 4.79 Å². The van der Waals surface area contributed by atoms with Crippen molar-refractivity contribution in [2.24, 2.45) is 0 Å². The highest BCUT2D eigenvalue weighted by Gasteiger charge is 2.14. The Labute approximate surface area is 129 Å². The van der Waals surface area contributed by atoms with Crippen molar-refractivity contribution in [3.63, 3.8) is 0 Å². The summed E-state index contributed by atoms with van der Waals surface area (Å²) < 4.78 is 5.12. The molecule has 0 radical (unpaired) electrons. The number of benzene rings is 2. The topological polar surface area (TPSA) is 38.3 Å². The number of amides is 1. The lowest BCUT2D eigenvalue weighted by molar-refractivity contribution is -0.115. The van der Waals surface area contributed by atoms with E-state index in [1.165, 1.54) is 11.8 Å². The van der Waals surface area contributed by atoms with Gasteiger partial charge in [-0.25, -0.2) is 0 Å². The highest BCUT2D eigenvalue weighted by molar-refractivity contribution is 8.00. The van der Waals surface area contributed by atoms with Gasteiger partial charge in [0.1, 0.15) is 5.75 Å². The molecule has 0 aliphatic carbocycles. The Morgan fingerprint density at radius 2 is 1.90 bits per heavy atom. The maximum atomic E-state index is 12.2. The zero-order valence-corrected chi connectivity index (χ0v) is 13.2. The fourth-order valence-electron chi connectivity index (χ4n) is 1.88. The minimum atomic E-state index is -0.168. The standard InChI is InChI=1S/C17H19NO2S/c1-12-5-4-6-14(11-12)18-17(19)13(2)21-16-9-7-15(20-3)8-10-16/h4-11,13H,1-3H3,(H,18,19). The minimum Gasteiger partial charge on any atom is -0.497 e. The lowest BCUT2D eigenvalue weighted by atomic mass is 10.2. The number of methoxy groups -OCH3 is 1. The molecule has 0 spiro atoms. The van der Waals surface area contributed by atoms with Gasteiger partial charge in [0.15, 0.2) is 0 Å². The molecule has 0 aromatic heterocycles. The first-order chi connectivity index (χ1) is 10.1. The number of carbonyl (C=O) groups is 1. The Kier molecular flexibility index (Phi) is 5.28. The van der Waals surface area contributed by atoms with E-state index in [2.05, 4.69) is 5.32 Å². The molecule has 0 bridgehead atoms. The van der Waals surface area contributed by atoms with Crippen molar-refractivity contribution >= 4 is 23.4 Å². The molecule has 0 aliphatic rings. The third kappa shape index (κ3) is 4.53. The molecule has 1 amide bonds. The largest absolute Gasteiger partial charge is 0.497 e. The summed E-state index contributed by atoms with van der Waals surface area (Å²) in [5.41, 5.74) is 1.96. The van der Waals surface area contributed by atoms with Crippen LogP contribution in [0.2, 0.25) is 0 Å². The Bertz CT molecular complexity index is 610. The first-order valence-electron chi connectivity index (χ1n) is 6.77. The van der Waals surface area contributed by atoms with E-state index in [0.717, 1.165) is 21.9 Å². The summed E-state index contributed by atoms with van der Waals surface area (Å²) in [4.78, 5) is 13.2. The summed E-state index contributed by atoms with van der Waals surface area (Å²) in [6.45, 7) is 3.91. The molecule has 1 N–H and O–H groups in total. The third-order valence-electron chi connectivity index (χ3n) is 3.03. The van der Waals surface area contributed by atoms with Gasteiger partial charge in [-0.3, -0.25) is 4.79 Å². The fraction of sp³-hybridized carbons (Fsp3) is 0.235. The molecule has 0 aliphatic heterocycles. The van der Waals surface area contributed by atoms with Crippen LogP contribution in [0.1, 0.15) is 12.5 Å². The molecule has 2 aromatic carbocycles. The average Bonchev–Trinajstić information content (AvgIpc) is 2.48. The predicted molar refractivity (Wildman–Crippen MR) is 88.1 cm³/mol. The van der Waals surface area contributed by atoms with Crippen LogP contribution >= 0.6 is 11.8 Å². The molecule has 21 heavy (non-hydrogen) atoms. The molecule has 1 unspecified atom stereocenters. The number of nitrogens with one attached hydrogen (secondary N) is 1. The van der Waals surface area contributed by atoms with Gasteiger partial charge >= 0.3 is 0 Å². The van der Waals surface area contributed by atoms with E-state index in [1.807, 2.05) is 62.4 Å². The Balaban J connectivity index is 1.95. The smallest absolute Gasteiger partial charge is 0.237 e. The summed E-state index contributed by atoms with van der Waals surface area (Å²) in [6, 6.07) is 15.5.